The summed E-state index contributed by atoms with van der Waals surface area (Å²) in [5.74, 6) is -0.401. The molecule has 0 bridgehead atoms. The average molecular weight is 338 g/mol. The first-order valence-corrected chi connectivity index (χ1v) is 7.08. The molecule has 1 heterocycles. The Labute approximate surface area is 125 Å². The molecule has 2 aromatic rings. The van der Waals surface area contributed by atoms with Crippen LogP contribution in [-0.2, 0) is 6.54 Å². The maximum absolute atomic E-state index is 10.9. The molecule has 0 amide bonds. The Morgan fingerprint density at radius 2 is 2.15 bits per heavy atom. The van der Waals surface area contributed by atoms with Crippen LogP contribution in [0.25, 0.3) is 0 Å². The van der Waals surface area contributed by atoms with Crippen LogP contribution in [0.5, 0.6) is 0 Å². The number of furan rings is 1. The van der Waals surface area contributed by atoms with Gasteiger partial charge in [0.15, 0.2) is 0 Å². The van der Waals surface area contributed by atoms with E-state index in [9.17, 15) is 4.79 Å². The molecule has 2 N–H and O–H groups in total. The first-order chi connectivity index (χ1) is 9.49. The molecule has 4 nitrogen and oxygen atoms in total. The number of carboxylic acid groups (broad SMARTS) is 1. The van der Waals surface area contributed by atoms with Crippen LogP contribution >= 0.6 is 15.9 Å². The summed E-state index contributed by atoms with van der Waals surface area (Å²) in [6.07, 6.45) is 0. The molecule has 0 spiro atoms. The van der Waals surface area contributed by atoms with E-state index in [1.165, 1.54) is 0 Å². The Hall–Kier alpha value is -1.59. The van der Waals surface area contributed by atoms with Crippen LogP contribution in [0, 0.1) is 6.92 Å². The van der Waals surface area contributed by atoms with E-state index in [1.807, 2.05) is 31.2 Å². The zero-order valence-electron chi connectivity index (χ0n) is 11.3. The SMILES string of the molecule is Cc1cc(CN[C@@H](C)c2ccccc2Br)oc1C(=O)O. The van der Waals surface area contributed by atoms with Gasteiger partial charge in [0, 0.05) is 16.1 Å². The highest BCUT2D eigenvalue weighted by molar-refractivity contribution is 9.10. The Bertz CT molecular complexity index is 621. The van der Waals surface area contributed by atoms with E-state index >= 15 is 0 Å². The molecule has 106 valence electrons. The fourth-order valence-electron chi connectivity index (χ4n) is 2.04. The number of aromatic carboxylic acids is 1. The maximum atomic E-state index is 10.9. The summed E-state index contributed by atoms with van der Waals surface area (Å²) in [6, 6.07) is 9.87. The van der Waals surface area contributed by atoms with E-state index in [2.05, 4.69) is 21.2 Å². The van der Waals surface area contributed by atoms with Gasteiger partial charge >= 0.3 is 5.97 Å². The molecule has 0 saturated carbocycles. The number of carbonyl (C=O) groups is 1. The normalized spacial score (nSPS) is 12.3. The smallest absolute Gasteiger partial charge is 0.372 e. The molecule has 1 aromatic heterocycles. The third kappa shape index (κ3) is 3.29. The molecule has 0 fully saturated rings. The number of carboxylic acids is 1. The van der Waals surface area contributed by atoms with Crippen LogP contribution in [-0.4, -0.2) is 11.1 Å². The highest BCUT2D eigenvalue weighted by atomic mass is 79.9. The van der Waals surface area contributed by atoms with Crippen molar-refractivity contribution in [2.24, 2.45) is 0 Å². The second kappa shape index (κ2) is 6.24. The Balaban J connectivity index is 2.04. The van der Waals surface area contributed by atoms with Crippen LogP contribution in [0.2, 0.25) is 0 Å². The maximum Gasteiger partial charge on any atom is 0.372 e. The fraction of sp³-hybridized carbons (Fsp3) is 0.267. The largest absolute Gasteiger partial charge is 0.475 e. The predicted molar refractivity (Wildman–Crippen MR) is 79.8 cm³/mol. The molecule has 5 heteroatoms. The van der Waals surface area contributed by atoms with Crippen molar-refractivity contribution >= 4 is 21.9 Å². The summed E-state index contributed by atoms with van der Waals surface area (Å²) in [5, 5.41) is 12.3. The lowest BCUT2D eigenvalue weighted by Crippen LogP contribution is -2.18. The van der Waals surface area contributed by atoms with E-state index in [0.29, 0.717) is 17.9 Å². The zero-order valence-corrected chi connectivity index (χ0v) is 12.9. The molecule has 1 aromatic carbocycles. The molecule has 0 unspecified atom stereocenters. The van der Waals surface area contributed by atoms with Crippen molar-refractivity contribution in [3.05, 3.63) is 57.5 Å². The Kier molecular flexibility index (Phi) is 4.62. The second-order valence-corrected chi connectivity index (χ2v) is 5.51. The van der Waals surface area contributed by atoms with Gasteiger partial charge in [-0.05, 0) is 31.5 Å². The number of nitrogens with one attached hydrogen (secondary N) is 1. The number of hydrogen-bond donors (Lipinski definition) is 2. The van der Waals surface area contributed by atoms with Crippen LogP contribution in [0.15, 0.2) is 39.2 Å². The first kappa shape index (κ1) is 14.8. The third-order valence-corrected chi connectivity index (χ3v) is 3.84. The van der Waals surface area contributed by atoms with Crippen molar-refractivity contribution in [1.82, 2.24) is 5.32 Å². The molecule has 0 radical (unpaired) electrons. The molecule has 2 rings (SSSR count). The lowest BCUT2D eigenvalue weighted by atomic mass is 10.1. The molecular weight excluding hydrogens is 322 g/mol. The Morgan fingerprint density at radius 3 is 2.75 bits per heavy atom. The van der Waals surface area contributed by atoms with Crippen molar-refractivity contribution in [3.8, 4) is 0 Å². The second-order valence-electron chi connectivity index (χ2n) is 4.65. The van der Waals surface area contributed by atoms with Gasteiger partial charge in [0.25, 0.3) is 0 Å². The molecule has 0 aliphatic carbocycles. The summed E-state index contributed by atoms with van der Waals surface area (Å²) >= 11 is 3.52. The van der Waals surface area contributed by atoms with Gasteiger partial charge in [-0.2, -0.15) is 0 Å². The lowest BCUT2D eigenvalue weighted by molar-refractivity contribution is 0.0659. The van der Waals surface area contributed by atoms with Crippen LogP contribution in [0.3, 0.4) is 0 Å². The standard InChI is InChI=1S/C15H16BrNO3/c1-9-7-11(20-14(9)15(18)19)8-17-10(2)12-5-3-4-6-13(12)16/h3-7,10,17H,8H2,1-2H3,(H,18,19)/t10-/m0/s1. The minimum atomic E-state index is -1.03. The number of benzene rings is 1. The summed E-state index contributed by atoms with van der Waals surface area (Å²) in [5.41, 5.74) is 1.79. The minimum Gasteiger partial charge on any atom is -0.475 e. The van der Waals surface area contributed by atoms with Crippen molar-refractivity contribution in [2.75, 3.05) is 0 Å². The van der Waals surface area contributed by atoms with Gasteiger partial charge in [-0.25, -0.2) is 4.79 Å². The monoisotopic (exact) mass is 337 g/mol. The number of halogens is 1. The van der Waals surface area contributed by atoms with E-state index in [0.717, 1.165) is 10.0 Å². The van der Waals surface area contributed by atoms with Crippen LogP contribution in [0.4, 0.5) is 0 Å². The Morgan fingerprint density at radius 1 is 1.45 bits per heavy atom. The van der Waals surface area contributed by atoms with Crippen LogP contribution in [0.1, 0.15) is 40.4 Å². The minimum absolute atomic E-state index is 0.00958. The molecule has 0 aliphatic heterocycles. The predicted octanol–water partition coefficient (Wildman–Crippen LogP) is 3.90. The molecule has 0 aliphatic rings. The number of rotatable bonds is 5. The van der Waals surface area contributed by atoms with E-state index in [-0.39, 0.29) is 11.8 Å². The van der Waals surface area contributed by atoms with Crippen molar-refractivity contribution in [1.29, 1.82) is 0 Å². The zero-order chi connectivity index (χ0) is 14.7. The van der Waals surface area contributed by atoms with Gasteiger partial charge in [0.1, 0.15) is 5.76 Å². The van der Waals surface area contributed by atoms with E-state index in [4.69, 9.17) is 9.52 Å². The van der Waals surface area contributed by atoms with Gasteiger partial charge < -0.3 is 14.8 Å². The lowest BCUT2D eigenvalue weighted by Gasteiger charge is -2.14. The highest BCUT2D eigenvalue weighted by Crippen LogP contribution is 2.23. The first-order valence-electron chi connectivity index (χ1n) is 6.29. The highest BCUT2D eigenvalue weighted by Gasteiger charge is 2.15. The van der Waals surface area contributed by atoms with Crippen LogP contribution < -0.4 is 5.32 Å². The third-order valence-electron chi connectivity index (χ3n) is 3.12. The van der Waals surface area contributed by atoms with Gasteiger partial charge in [-0.15, -0.1) is 0 Å². The van der Waals surface area contributed by atoms with Gasteiger partial charge in [-0.3, -0.25) is 0 Å². The summed E-state index contributed by atoms with van der Waals surface area (Å²) in [6.45, 7) is 4.26. The van der Waals surface area contributed by atoms with E-state index < -0.39 is 5.97 Å². The van der Waals surface area contributed by atoms with Gasteiger partial charge in [-0.1, -0.05) is 34.1 Å². The molecule has 1 atom stereocenters. The number of hydrogen-bond acceptors (Lipinski definition) is 3. The topological polar surface area (TPSA) is 62.5 Å². The average Bonchev–Trinajstić information content (AvgIpc) is 2.78. The summed E-state index contributed by atoms with van der Waals surface area (Å²) in [7, 11) is 0. The summed E-state index contributed by atoms with van der Waals surface area (Å²) < 4.78 is 6.36. The van der Waals surface area contributed by atoms with Gasteiger partial charge in [0.05, 0.1) is 6.54 Å². The molecule has 20 heavy (non-hydrogen) atoms. The fourth-order valence-corrected chi connectivity index (χ4v) is 2.67. The summed E-state index contributed by atoms with van der Waals surface area (Å²) in [4.78, 5) is 10.9. The molecule has 0 saturated heterocycles. The van der Waals surface area contributed by atoms with Crippen molar-refractivity contribution in [2.45, 2.75) is 26.4 Å². The van der Waals surface area contributed by atoms with Crippen molar-refractivity contribution in [3.63, 3.8) is 0 Å². The van der Waals surface area contributed by atoms with E-state index in [1.54, 1.807) is 13.0 Å². The number of aryl methyl sites for hydroxylation is 1. The van der Waals surface area contributed by atoms with Crippen molar-refractivity contribution < 1.29 is 14.3 Å². The molecular formula is C15H16BrNO3. The quantitative estimate of drug-likeness (QED) is 0.868. The van der Waals surface area contributed by atoms with Gasteiger partial charge in [0.2, 0.25) is 5.76 Å².